The van der Waals surface area contributed by atoms with Gasteiger partial charge in [0.2, 0.25) is 11.8 Å². The molecule has 1 aromatic carbocycles. The van der Waals surface area contributed by atoms with Crippen LogP contribution in [0.25, 0.3) is 0 Å². The Morgan fingerprint density at radius 3 is 2.50 bits per heavy atom. The molecule has 3 heterocycles. The number of hydrogen-bond donors (Lipinski definition) is 1. The van der Waals surface area contributed by atoms with Crippen molar-refractivity contribution in [3.63, 3.8) is 0 Å². The van der Waals surface area contributed by atoms with Crippen molar-refractivity contribution in [3.8, 4) is 11.6 Å². The Labute approximate surface area is 150 Å². The van der Waals surface area contributed by atoms with Gasteiger partial charge in [0.05, 0.1) is 26.0 Å². The highest BCUT2D eigenvalue weighted by Crippen LogP contribution is 2.37. The zero-order chi connectivity index (χ0) is 18.1. The number of anilines is 1. The summed E-state index contributed by atoms with van der Waals surface area (Å²) >= 11 is 0. The van der Waals surface area contributed by atoms with Crippen LogP contribution < -0.4 is 20.1 Å². The second-order valence-corrected chi connectivity index (χ2v) is 5.72. The van der Waals surface area contributed by atoms with E-state index in [1.807, 2.05) is 41.3 Å². The summed E-state index contributed by atoms with van der Waals surface area (Å²) in [7, 11) is 3.21. The van der Waals surface area contributed by atoms with E-state index in [1.165, 1.54) is 0 Å². The number of benzene rings is 1. The molecular formula is C19H18N4O3. The van der Waals surface area contributed by atoms with Gasteiger partial charge in [-0.3, -0.25) is 0 Å². The summed E-state index contributed by atoms with van der Waals surface area (Å²) < 4.78 is 15.9. The maximum atomic E-state index is 6.53. The molecule has 0 spiro atoms. The molecular weight excluding hydrogens is 332 g/mol. The minimum atomic E-state index is -0.438. The molecule has 0 bridgehead atoms. The van der Waals surface area contributed by atoms with E-state index in [4.69, 9.17) is 19.6 Å². The zero-order valence-electron chi connectivity index (χ0n) is 14.4. The quantitative estimate of drug-likeness (QED) is 0.777. The lowest BCUT2D eigenvalue weighted by Gasteiger charge is -2.34. The minimum absolute atomic E-state index is 0.438. The Morgan fingerprint density at radius 1 is 1.04 bits per heavy atom. The number of methoxy groups -OCH3 is 2. The van der Waals surface area contributed by atoms with Gasteiger partial charge >= 0.3 is 0 Å². The fourth-order valence-electron chi connectivity index (χ4n) is 2.91. The van der Waals surface area contributed by atoms with Gasteiger partial charge in [-0.25, -0.2) is 4.98 Å². The van der Waals surface area contributed by atoms with Gasteiger partial charge in [0.15, 0.2) is 0 Å². The number of fused-ring (bicyclic) bond motifs is 1. The number of hydrogen-bond acceptors (Lipinski definition) is 7. The molecule has 3 aromatic rings. The van der Waals surface area contributed by atoms with Crippen LogP contribution in [-0.4, -0.2) is 25.0 Å². The van der Waals surface area contributed by atoms with E-state index in [2.05, 4.69) is 9.98 Å². The average Bonchev–Trinajstić information content (AvgIpc) is 3.17. The summed E-state index contributed by atoms with van der Waals surface area (Å²) in [6.07, 6.45) is 2.86. The third kappa shape index (κ3) is 2.68. The Kier molecular flexibility index (Phi) is 4.06. The minimum Gasteiger partial charge on any atom is -0.497 e. The Balaban J connectivity index is 1.82. The fourth-order valence-corrected chi connectivity index (χ4v) is 2.91. The number of ether oxygens (including phenoxy) is 2. The largest absolute Gasteiger partial charge is 0.497 e. The van der Waals surface area contributed by atoms with Crippen molar-refractivity contribution in [1.29, 1.82) is 0 Å². The van der Waals surface area contributed by atoms with Gasteiger partial charge in [0, 0.05) is 23.5 Å². The topological polar surface area (TPSA) is 86.1 Å². The predicted octanol–water partition coefficient (Wildman–Crippen LogP) is 3.25. The van der Waals surface area contributed by atoms with Gasteiger partial charge in [-0.2, -0.15) is 4.99 Å². The highest BCUT2D eigenvalue weighted by molar-refractivity contribution is 6.12. The van der Waals surface area contributed by atoms with Crippen LogP contribution in [0.4, 0.5) is 11.6 Å². The number of aliphatic imine (C=N–C) groups is 1. The first-order valence-corrected chi connectivity index (χ1v) is 8.06. The third-order valence-electron chi connectivity index (χ3n) is 4.26. The molecule has 1 aliphatic heterocycles. The summed E-state index contributed by atoms with van der Waals surface area (Å²) in [5.74, 6) is 2.46. The Hall–Kier alpha value is -3.32. The SMILES string of the molecule is COc1ccc(N2C(c3ccc(OC)nc3)=Nc3occc3C2N)cc1. The van der Waals surface area contributed by atoms with Crippen LogP contribution in [0.1, 0.15) is 17.3 Å². The van der Waals surface area contributed by atoms with Crippen LogP contribution in [0.2, 0.25) is 0 Å². The van der Waals surface area contributed by atoms with E-state index < -0.39 is 6.17 Å². The number of aromatic nitrogens is 1. The standard InChI is InChI=1S/C19H18N4O3/c1-24-14-6-4-13(5-7-14)23-17(20)15-9-10-26-19(15)22-18(23)12-3-8-16(25-2)21-11-12/h3-11,17H,20H2,1-2H3. The Bertz CT molecular complexity index is 932. The van der Waals surface area contributed by atoms with Crippen molar-refractivity contribution < 1.29 is 13.9 Å². The van der Waals surface area contributed by atoms with Crippen LogP contribution >= 0.6 is 0 Å². The van der Waals surface area contributed by atoms with Crippen molar-refractivity contribution in [1.82, 2.24) is 4.98 Å². The molecule has 0 amide bonds. The number of nitrogens with zero attached hydrogens (tertiary/aromatic N) is 3. The molecule has 1 unspecified atom stereocenters. The third-order valence-corrected chi connectivity index (χ3v) is 4.26. The van der Waals surface area contributed by atoms with E-state index in [-0.39, 0.29) is 0 Å². The molecule has 132 valence electrons. The van der Waals surface area contributed by atoms with Crippen molar-refractivity contribution in [2.24, 2.45) is 10.7 Å². The number of pyridine rings is 1. The highest BCUT2D eigenvalue weighted by atomic mass is 16.5. The van der Waals surface area contributed by atoms with Crippen LogP contribution in [0.5, 0.6) is 11.6 Å². The van der Waals surface area contributed by atoms with E-state index >= 15 is 0 Å². The van der Waals surface area contributed by atoms with Crippen molar-refractivity contribution in [2.45, 2.75) is 6.17 Å². The van der Waals surface area contributed by atoms with Gasteiger partial charge < -0.3 is 24.5 Å². The molecule has 1 aliphatic rings. The lowest BCUT2D eigenvalue weighted by Crippen LogP contribution is -2.42. The number of rotatable bonds is 4. The van der Waals surface area contributed by atoms with E-state index in [0.29, 0.717) is 17.6 Å². The van der Waals surface area contributed by atoms with Crippen molar-refractivity contribution >= 4 is 17.4 Å². The van der Waals surface area contributed by atoms with Crippen LogP contribution in [-0.2, 0) is 0 Å². The summed E-state index contributed by atoms with van der Waals surface area (Å²) in [5, 5.41) is 0. The number of amidine groups is 1. The predicted molar refractivity (Wildman–Crippen MR) is 98.1 cm³/mol. The van der Waals surface area contributed by atoms with E-state index in [1.54, 1.807) is 32.7 Å². The fraction of sp³-hybridized carbons (Fsp3) is 0.158. The normalized spacial score (nSPS) is 16.0. The highest BCUT2D eigenvalue weighted by Gasteiger charge is 2.31. The molecule has 2 N–H and O–H groups in total. The molecule has 0 aliphatic carbocycles. The first-order chi connectivity index (χ1) is 12.7. The summed E-state index contributed by atoms with van der Waals surface area (Å²) in [4.78, 5) is 10.9. The van der Waals surface area contributed by atoms with Gasteiger partial charge in [0.1, 0.15) is 17.8 Å². The summed E-state index contributed by atoms with van der Waals surface area (Å²) in [6, 6.07) is 13.2. The van der Waals surface area contributed by atoms with Gasteiger partial charge in [-0.1, -0.05) is 0 Å². The summed E-state index contributed by atoms with van der Waals surface area (Å²) in [5.41, 5.74) is 9.05. The van der Waals surface area contributed by atoms with Gasteiger partial charge in [0.25, 0.3) is 0 Å². The smallest absolute Gasteiger partial charge is 0.227 e. The van der Waals surface area contributed by atoms with Gasteiger partial charge in [-0.15, -0.1) is 0 Å². The molecule has 1 atom stereocenters. The van der Waals surface area contributed by atoms with Crippen molar-refractivity contribution in [2.75, 3.05) is 19.1 Å². The molecule has 0 saturated carbocycles. The molecule has 26 heavy (non-hydrogen) atoms. The lowest BCUT2D eigenvalue weighted by molar-refractivity contribution is 0.398. The monoisotopic (exact) mass is 350 g/mol. The first kappa shape index (κ1) is 16.2. The average molecular weight is 350 g/mol. The maximum Gasteiger partial charge on any atom is 0.227 e. The number of nitrogens with two attached hydrogens (primary N) is 1. The van der Waals surface area contributed by atoms with E-state index in [9.17, 15) is 0 Å². The second kappa shape index (κ2) is 6.53. The molecule has 4 rings (SSSR count). The molecule has 0 fully saturated rings. The lowest BCUT2D eigenvalue weighted by atomic mass is 10.1. The molecule has 7 heteroatoms. The first-order valence-electron chi connectivity index (χ1n) is 8.06. The maximum absolute atomic E-state index is 6.53. The molecule has 0 saturated heterocycles. The molecule has 7 nitrogen and oxygen atoms in total. The van der Waals surface area contributed by atoms with Gasteiger partial charge in [-0.05, 0) is 36.4 Å². The summed E-state index contributed by atoms with van der Waals surface area (Å²) in [6.45, 7) is 0. The van der Waals surface area contributed by atoms with Crippen LogP contribution in [0.3, 0.4) is 0 Å². The number of furan rings is 1. The molecule has 2 aromatic heterocycles. The second-order valence-electron chi connectivity index (χ2n) is 5.72. The molecule has 0 radical (unpaired) electrons. The van der Waals surface area contributed by atoms with E-state index in [0.717, 1.165) is 22.6 Å². The zero-order valence-corrected chi connectivity index (χ0v) is 14.4. The van der Waals surface area contributed by atoms with Crippen molar-refractivity contribution in [3.05, 3.63) is 66.1 Å². The van der Waals surface area contributed by atoms with Crippen LogP contribution in [0.15, 0.2) is 64.3 Å². The van der Waals surface area contributed by atoms with Crippen LogP contribution in [0, 0.1) is 0 Å². The Morgan fingerprint density at radius 2 is 1.85 bits per heavy atom.